The Hall–Kier alpha value is -0.780. The van der Waals surface area contributed by atoms with E-state index in [2.05, 4.69) is 12.5 Å². The normalized spacial score (nSPS) is 14.8. The summed E-state index contributed by atoms with van der Waals surface area (Å²) in [5.74, 6) is 0. The third-order valence-corrected chi connectivity index (χ3v) is 1.92. The molecule has 1 aliphatic carbocycles. The molecule has 0 heterocycles. The van der Waals surface area contributed by atoms with E-state index < -0.39 is 0 Å². The van der Waals surface area contributed by atoms with E-state index in [1.807, 2.05) is 30.3 Å². The molecule has 0 bridgehead atoms. The Bertz CT molecular complexity index is 124. The lowest BCUT2D eigenvalue weighted by atomic mass is 10.0. The molecule has 71 valence electrons. The Morgan fingerprint density at radius 1 is 0.769 bits per heavy atom. The number of benzene rings is 1. The van der Waals surface area contributed by atoms with Gasteiger partial charge in [0.2, 0.25) is 0 Å². The van der Waals surface area contributed by atoms with E-state index in [0.29, 0.717) is 0 Å². The standard InChI is InChI=1S/C6H11.C6H5.CH3/c2*1-2-4-6-5-3-1;/h1H,2-6H2;1-5H;1H3. The van der Waals surface area contributed by atoms with Crippen molar-refractivity contribution in [3.63, 3.8) is 0 Å². The summed E-state index contributed by atoms with van der Waals surface area (Å²) in [5, 5.41) is 0. The first-order chi connectivity index (χ1) is 6.00. The maximum atomic E-state index is 2.89. The molecule has 0 spiro atoms. The summed E-state index contributed by atoms with van der Waals surface area (Å²) in [6.45, 7) is 0. The van der Waals surface area contributed by atoms with Gasteiger partial charge in [-0.05, 0) is 12.5 Å². The molecule has 0 aliphatic heterocycles. The molecule has 3 radical (unpaired) electrons. The van der Waals surface area contributed by atoms with Crippen LogP contribution in [0.15, 0.2) is 30.3 Å². The van der Waals surface area contributed by atoms with Crippen molar-refractivity contribution in [2.24, 2.45) is 0 Å². The van der Waals surface area contributed by atoms with Gasteiger partial charge in [0, 0.05) is 0 Å². The van der Waals surface area contributed by atoms with Crippen molar-refractivity contribution in [1.29, 1.82) is 0 Å². The van der Waals surface area contributed by atoms with E-state index in [4.69, 9.17) is 0 Å². The van der Waals surface area contributed by atoms with Crippen LogP contribution < -0.4 is 0 Å². The Balaban J connectivity index is 0.000000206. The van der Waals surface area contributed by atoms with E-state index in [1.54, 1.807) is 0 Å². The van der Waals surface area contributed by atoms with Crippen LogP contribution in [-0.4, -0.2) is 0 Å². The van der Waals surface area contributed by atoms with Crippen LogP contribution in [0.25, 0.3) is 0 Å². The smallest absolute Gasteiger partial charge is 0.0184 e. The van der Waals surface area contributed by atoms with Crippen molar-refractivity contribution >= 4 is 0 Å². The van der Waals surface area contributed by atoms with Crippen LogP contribution >= 0.6 is 0 Å². The molecule has 2 rings (SSSR count). The minimum Gasteiger partial charge on any atom is -0.0683 e. The SMILES string of the molecule is [CH3].[CH]1CCCCC1.[c]1ccccc1. The Morgan fingerprint density at radius 2 is 1.38 bits per heavy atom. The molecule has 0 nitrogen and oxygen atoms in total. The molecule has 0 unspecified atom stereocenters. The van der Waals surface area contributed by atoms with Gasteiger partial charge < -0.3 is 0 Å². The largest absolute Gasteiger partial charge is 0.0683 e. The lowest BCUT2D eigenvalue weighted by molar-refractivity contribution is 0.593. The monoisotopic (exact) mass is 175 g/mol. The molecule has 13 heavy (non-hydrogen) atoms. The third kappa shape index (κ3) is 7.58. The molecule has 1 saturated carbocycles. The van der Waals surface area contributed by atoms with Gasteiger partial charge in [-0.2, -0.15) is 0 Å². The van der Waals surface area contributed by atoms with Crippen LogP contribution in [0.4, 0.5) is 0 Å². The molecular weight excluding hydrogens is 156 g/mol. The van der Waals surface area contributed by atoms with Crippen molar-refractivity contribution < 1.29 is 0 Å². The van der Waals surface area contributed by atoms with Crippen LogP contribution in [0.5, 0.6) is 0 Å². The molecule has 1 aromatic carbocycles. The maximum absolute atomic E-state index is 2.89. The molecule has 0 aromatic heterocycles. The first kappa shape index (κ1) is 12.2. The predicted molar refractivity (Wildman–Crippen MR) is 59.1 cm³/mol. The highest BCUT2D eigenvalue weighted by Crippen LogP contribution is 2.14. The molecule has 1 aromatic rings. The second kappa shape index (κ2) is 9.31. The first-order valence-corrected chi connectivity index (χ1v) is 4.73. The molecule has 1 aliphatic rings. The fraction of sp³-hybridized carbons (Fsp3) is 0.385. The maximum Gasteiger partial charge on any atom is -0.0184 e. The number of hydrogen-bond donors (Lipinski definition) is 0. The molecule has 0 amide bonds. The quantitative estimate of drug-likeness (QED) is 0.557. The Labute approximate surface area is 83.0 Å². The second-order valence-corrected chi connectivity index (χ2v) is 3.00. The zero-order valence-corrected chi connectivity index (χ0v) is 8.50. The van der Waals surface area contributed by atoms with Crippen LogP contribution in [-0.2, 0) is 0 Å². The molecule has 0 saturated heterocycles. The molecule has 0 N–H and O–H groups in total. The summed E-state index contributed by atoms with van der Waals surface area (Å²) in [6, 6.07) is 12.5. The highest BCUT2D eigenvalue weighted by Gasteiger charge is 1.95. The number of rotatable bonds is 0. The lowest BCUT2D eigenvalue weighted by Gasteiger charge is -2.05. The second-order valence-electron chi connectivity index (χ2n) is 3.00. The summed E-state index contributed by atoms with van der Waals surface area (Å²) in [5.41, 5.74) is 0. The summed E-state index contributed by atoms with van der Waals surface area (Å²) >= 11 is 0. The zero-order valence-electron chi connectivity index (χ0n) is 8.50. The van der Waals surface area contributed by atoms with E-state index in [0.717, 1.165) is 0 Å². The van der Waals surface area contributed by atoms with Crippen molar-refractivity contribution in [3.8, 4) is 0 Å². The Morgan fingerprint density at radius 3 is 1.54 bits per heavy atom. The molecule has 0 heteroatoms. The van der Waals surface area contributed by atoms with E-state index in [9.17, 15) is 0 Å². The summed E-state index contributed by atoms with van der Waals surface area (Å²) in [4.78, 5) is 0. The van der Waals surface area contributed by atoms with E-state index >= 15 is 0 Å². The van der Waals surface area contributed by atoms with Gasteiger partial charge in [-0.1, -0.05) is 69.9 Å². The fourth-order valence-corrected chi connectivity index (χ4v) is 1.24. The fourth-order valence-electron chi connectivity index (χ4n) is 1.24. The summed E-state index contributed by atoms with van der Waals surface area (Å²) < 4.78 is 0. The average molecular weight is 175 g/mol. The molecule has 1 fully saturated rings. The van der Waals surface area contributed by atoms with Gasteiger partial charge in [0.05, 0.1) is 0 Å². The average Bonchev–Trinajstić information content (AvgIpc) is 2.24. The van der Waals surface area contributed by atoms with Crippen molar-refractivity contribution in [3.05, 3.63) is 50.2 Å². The van der Waals surface area contributed by atoms with Gasteiger partial charge in [0.1, 0.15) is 0 Å². The van der Waals surface area contributed by atoms with Crippen LogP contribution in [0.2, 0.25) is 0 Å². The minimum absolute atomic E-state index is 0. The highest BCUT2D eigenvalue weighted by atomic mass is 14.0. The third-order valence-electron chi connectivity index (χ3n) is 1.92. The van der Waals surface area contributed by atoms with Crippen LogP contribution in [0, 0.1) is 19.9 Å². The van der Waals surface area contributed by atoms with Crippen LogP contribution in [0.1, 0.15) is 32.1 Å². The summed E-state index contributed by atoms with van der Waals surface area (Å²) in [7, 11) is 0. The zero-order chi connectivity index (χ0) is 8.49. The molecular formula is C13H19. The number of hydrogen-bond acceptors (Lipinski definition) is 0. The van der Waals surface area contributed by atoms with Gasteiger partial charge in [-0.25, -0.2) is 0 Å². The van der Waals surface area contributed by atoms with Crippen LogP contribution in [0.3, 0.4) is 0 Å². The summed E-state index contributed by atoms with van der Waals surface area (Å²) in [6.07, 6.45) is 9.50. The van der Waals surface area contributed by atoms with Crippen molar-refractivity contribution in [1.82, 2.24) is 0 Å². The molecule has 0 atom stereocenters. The topological polar surface area (TPSA) is 0 Å². The predicted octanol–water partition coefficient (Wildman–Crippen LogP) is 4.09. The minimum atomic E-state index is 0. The van der Waals surface area contributed by atoms with Gasteiger partial charge in [-0.3, -0.25) is 0 Å². The van der Waals surface area contributed by atoms with Crippen molar-refractivity contribution in [2.75, 3.05) is 0 Å². The van der Waals surface area contributed by atoms with Gasteiger partial charge >= 0.3 is 0 Å². The van der Waals surface area contributed by atoms with Gasteiger partial charge in [0.25, 0.3) is 0 Å². The Kier molecular flexibility index (Phi) is 8.75. The van der Waals surface area contributed by atoms with Gasteiger partial charge in [-0.15, -0.1) is 0 Å². The van der Waals surface area contributed by atoms with E-state index in [1.165, 1.54) is 32.1 Å². The van der Waals surface area contributed by atoms with Gasteiger partial charge in [0.15, 0.2) is 0 Å². The highest BCUT2D eigenvalue weighted by molar-refractivity contribution is 4.97. The lowest BCUT2D eigenvalue weighted by Crippen LogP contribution is -1.87. The van der Waals surface area contributed by atoms with E-state index in [-0.39, 0.29) is 7.43 Å². The first-order valence-electron chi connectivity index (χ1n) is 4.73. The van der Waals surface area contributed by atoms with Crippen molar-refractivity contribution in [2.45, 2.75) is 32.1 Å².